The number of nitro benzene ring substituents is 1. The smallest absolute Gasteiger partial charge is 0.269 e. The molecule has 0 fully saturated rings. The van der Waals surface area contributed by atoms with Crippen molar-refractivity contribution in [1.29, 1.82) is 0 Å². The molecule has 2 N–H and O–H groups in total. The lowest BCUT2D eigenvalue weighted by Crippen LogP contribution is -2.38. The molecule has 0 saturated carbocycles. The van der Waals surface area contributed by atoms with Crippen molar-refractivity contribution in [1.82, 2.24) is 10.6 Å². The van der Waals surface area contributed by atoms with Gasteiger partial charge in [-0.2, -0.15) is 0 Å². The molecular formula is C21H28N4O6. The fourth-order valence-electron chi connectivity index (χ4n) is 2.76. The Morgan fingerprint density at radius 2 is 1.61 bits per heavy atom. The summed E-state index contributed by atoms with van der Waals surface area (Å²) in [6.07, 6.45) is 0. The van der Waals surface area contributed by atoms with E-state index in [1.165, 1.54) is 12.1 Å². The second kappa shape index (κ2) is 12.2. The van der Waals surface area contributed by atoms with Gasteiger partial charge >= 0.3 is 0 Å². The summed E-state index contributed by atoms with van der Waals surface area (Å²) < 4.78 is 21.2. The van der Waals surface area contributed by atoms with E-state index < -0.39 is 4.92 Å². The first-order chi connectivity index (χ1) is 15.0. The number of guanidine groups is 1. The van der Waals surface area contributed by atoms with Crippen LogP contribution < -0.4 is 24.8 Å². The molecule has 0 bridgehead atoms. The number of methoxy groups -OCH3 is 4. The van der Waals surface area contributed by atoms with Gasteiger partial charge in [0.25, 0.3) is 5.69 Å². The lowest BCUT2D eigenvalue weighted by atomic mass is 10.2. The van der Waals surface area contributed by atoms with E-state index in [2.05, 4.69) is 15.6 Å². The molecular weight excluding hydrogens is 404 g/mol. The first-order valence-electron chi connectivity index (χ1n) is 9.55. The number of aliphatic imine (C=N–C) groups is 1. The zero-order chi connectivity index (χ0) is 22.6. The lowest BCUT2D eigenvalue weighted by molar-refractivity contribution is -0.384. The minimum absolute atomic E-state index is 0.0539. The summed E-state index contributed by atoms with van der Waals surface area (Å²) in [6.45, 7) is 1.89. The molecule has 2 rings (SSSR count). The van der Waals surface area contributed by atoms with Gasteiger partial charge in [0.1, 0.15) is 0 Å². The third-order valence-electron chi connectivity index (χ3n) is 4.35. The summed E-state index contributed by atoms with van der Waals surface area (Å²) in [5.74, 6) is 2.20. The predicted octanol–water partition coefficient (Wildman–Crippen LogP) is 2.50. The van der Waals surface area contributed by atoms with Crippen molar-refractivity contribution in [2.75, 3.05) is 41.6 Å². The molecule has 0 aliphatic rings. The largest absolute Gasteiger partial charge is 0.493 e. The quantitative estimate of drug-likeness (QED) is 0.183. The summed E-state index contributed by atoms with van der Waals surface area (Å²) in [6, 6.07) is 10.0. The zero-order valence-corrected chi connectivity index (χ0v) is 18.1. The van der Waals surface area contributed by atoms with Gasteiger partial charge in [-0.1, -0.05) is 12.1 Å². The molecule has 0 amide bonds. The number of rotatable bonds is 11. The van der Waals surface area contributed by atoms with Crippen LogP contribution in [0, 0.1) is 10.1 Å². The predicted molar refractivity (Wildman–Crippen MR) is 117 cm³/mol. The molecule has 0 aliphatic heterocycles. The molecule has 10 heteroatoms. The normalized spacial score (nSPS) is 11.0. The van der Waals surface area contributed by atoms with Gasteiger partial charge in [-0.05, 0) is 23.3 Å². The number of benzene rings is 2. The first kappa shape index (κ1) is 23.7. The molecule has 0 unspecified atom stereocenters. The average Bonchev–Trinajstić information content (AvgIpc) is 2.79. The summed E-state index contributed by atoms with van der Waals surface area (Å²) in [5.41, 5.74) is 1.82. The highest BCUT2D eigenvalue weighted by molar-refractivity contribution is 5.79. The van der Waals surface area contributed by atoms with Crippen LogP contribution in [0.3, 0.4) is 0 Å². The van der Waals surface area contributed by atoms with Crippen molar-refractivity contribution in [3.63, 3.8) is 0 Å². The van der Waals surface area contributed by atoms with Crippen LogP contribution >= 0.6 is 0 Å². The van der Waals surface area contributed by atoms with Crippen LogP contribution in [-0.4, -0.2) is 52.5 Å². The molecule has 0 radical (unpaired) electrons. The van der Waals surface area contributed by atoms with Crippen LogP contribution in [0.25, 0.3) is 0 Å². The van der Waals surface area contributed by atoms with Gasteiger partial charge in [0.05, 0.1) is 39.4 Å². The Morgan fingerprint density at radius 3 is 2.13 bits per heavy atom. The fraction of sp³-hybridized carbons (Fsp3) is 0.381. The van der Waals surface area contributed by atoms with Crippen LogP contribution in [0.5, 0.6) is 17.2 Å². The van der Waals surface area contributed by atoms with Crippen LogP contribution in [0.1, 0.15) is 11.1 Å². The van der Waals surface area contributed by atoms with Crippen LogP contribution in [0.15, 0.2) is 41.4 Å². The number of hydrogen-bond donors (Lipinski definition) is 2. The van der Waals surface area contributed by atoms with Gasteiger partial charge < -0.3 is 29.6 Å². The monoisotopic (exact) mass is 432 g/mol. The summed E-state index contributed by atoms with van der Waals surface area (Å²) in [4.78, 5) is 15.0. The Bertz CT molecular complexity index is 861. The molecule has 10 nitrogen and oxygen atoms in total. The van der Waals surface area contributed by atoms with E-state index in [9.17, 15) is 10.1 Å². The van der Waals surface area contributed by atoms with Crippen molar-refractivity contribution in [2.45, 2.75) is 13.1 Å². The molecule has 2 aromatic carbocycles. The number of ether oxygens (including phenoxy) is 4. The van der Waals surface area contributed by atoms with E-state index in [-0.39, 0.29) is 5.69 Å². The number of nitrogens with one attached hydrogen (secondary N) is 2. The van der Waals surface area contributed by atoms with Crippen LogP contribution in [-0.2, 0) is 17.8 Å². The van der Waals surface area contributed by atoms with E-state index >= 15 is 0 Å². The Morgan fingerprint density at radius 1 is 0.968 bits per heavy atom. The average molecular weight is 432 g/mol. The first-order valence-corrected chi connectivity index (χ1v) is 9.55. The highest BCUT2D eigenvalue weighted by atomic mass is 16.6. The van der Waals surface area contributed by atoms with Crippen molar-refractivity contribution < 1.29 is 23.9 Å². The summed E-state index contributed by atoms with van der Waals surface area (Å²) >= 11 is 0. The SMILES string of the molecule is COCCNC(=NCc1cc(OC)c(OC)c(OC)c1)NCc1ccc([N+](=O)[O-])cc1. The van der Waals surface area contributed by atoms with Gasteiger partial charge in [-0.15, -0.1) is 0 Å². The Kier molecular flexibility index (Phi) is 9.37. The standard InChI is InChI=1S/C21H28N4O6/c1-28-10-9-22-21(23-13-15-5-7-17(8-6-15)25(26)27)24-14-16-11-18(29-2)20(31-4)19(12-16)30-3/h5-8,11-12H,9-10,13-14H2,1-4H3,(H2,22,23,24). The number of nitrogens with zero attached hydrogens (tertiary/aromatic N) is 2. The van der Waals surface area contributed by atoms with Gasteiger partial charge in [0.2, 0.25) is 5.75 Å². The Labute approximate surface area is 181 Å². The number of hydrogen-bond acceptors (Lipinski definition) is 7. The maximum absolute atomic E-state index is 10.8. The minimum atomic E-state index is -0.423. The summed E-state index contributed by atoms with van der Waals surface area (Å²) in [7, 11) is 6.30. The summed E-state index contributed by atoms with van der Waals surface area (Å²) in [5, 5.41) is 17.2. The zero-order valence-electron chi connectivity index (χ0n) is 18.1. The topological polar surface area (TPSA) is 116 Å². The van der Waals surface area contributed by atoms with Crippen molar-refractivity contribution in [3.05, 3.63) is 57.6 Å². The van der Waals surface area contributed by atoms with Gasteiger partial charge in [-0.3, -0.25) is 10.1 Å². The van der Waals surface area contributed by atoms with Crippen LogP contribution in [0.2, 0.25) is 0 Å². The second-order valence-electron chi connectivity index (χ2n) is 6.40. The van der Waals surface area contributed by atoms with Gasteiger partial charge in [0.15, 0.2) is 17.5 Å². The van der Waals surface area contributed by atoms with E-state index in [1.807, 2.05) is 12.1 Å². The lowest BCUT2D eigenvalue weighted by Gasteiger charge is -2.15. The van der Waals surface area contributed by atoms with Crippen molar-refractivity contribution in [3.8, 4) is 17.2 Å². The maximum Gasteiger partial charge on any atom is 0.269 e. The molecule has 0 aromatic heterocycles. The molecule has 0 saturated heterocycles. The fourth-order valence-corrected chi connectivity index (χ4v) is 2.76. The molecule has 168 valence electrons. The Balaban J connectivity index is 2.14. The van der Waals surface area contributed by atoms with Crippen molar-refractivity contribution >= 4 is 11.6 Å². The van der Waals surface area contributed by atoms with Gasteiger partial charge in [-0.25, -0.2) is 4.99 Å². The Hall–Kier alpha value is -3.53. The van der Waals surface area contributed by atoms with Crippen LogP contribution in [0.4, 0.5) is 5.69 Å². The maximum atomic E-state index is 10.8. The third-order valence-corrected chi connectivity index (χ3v) is 4.35. The van der Waals surface area contributed by atoms with E-state index in [4.69, 9.17) is 18.9 Å². The third kappa shape index (κ3) is 7.03. The molecule has 0 atom stereocenters. The van der Waals surface area contributed by atoms with Gasteiger partial charge in [0, 0.05) is 32.3 Å². The van der Waals surface area contributed by atoms with E-state index in [1.54, 1.807) is 40.6 Å². The number of nitro groups is 1. The molecule has 31 heavy (non-hydrogen) atoms. The minimum Gasteiger partial charge on any atom is -0.493 e. The molecule has 0 aliphatic carbocycles. The highest BCUT2D eigenvalue weighted by Gasteiger charge is 2.13. The van der Waals surface area contributed by atoms with E-state index in [0.29, 0.717) is 49.4 Å². The molecule has 0 heterocycles. The number of non-ortho nitro benzene ring substituents is 1. The highest BCUT2D eigenvalue weighted by Crippen LogP contribution is 2.38. The molecule has 2 aromatic rings. The second-order valence-corrected chi connectivity index (χ2v) is 6.40. The molecule has 0 spiro atoms. The van der Waals surface area contributed by atoms with E-state index in [0.717, 1.165) is 11.1 Å². The van der Waals surface area contributed by atoms with Crippen molar-refractivity contribution in [2.24, 2.45) is 4.99 Å².